The van der Waals surface area contributed by atoms with Crippen LogP contribution in [-0.2, 0) is 0 Å². The van der Waals surface area contributed by atoms with Crippen LogP contribution in [0.15, 0.2) is 84.9 Å². The normalized spacial score (nSPS) is 10.4. The number of ether oxygens (including phenoxy) is 6. The Hall–Kier alpha value is -8.36. The first-order chi connectivity index (χ1) is 31.8. The number of amides is 6. The average molecular weight is 907 g/mol. The average Bonchev–Trinajstić information content (AvgIpc) is 3.34. The van der Waals surface area contributed by atoms with Gasteiger partial charge in [-0.15, -0.1) is 0 Å². The summed E-state index contributed by atoms with van der Waals surface area (Å²) in [5.74, 6) is -2.41. The first kappa shape index (κ1) is 48.7. The van der Waals surface area contributed by atoms with Crippen molar-refractivity contribution in [2.75, 3.05) is 90.1 Å². The van der Waals surface area contributed by atoms with Gasteiger partial charge in [-0.2, -0.15) is 0 Å². The van der Waals surface area contributed by atoms with E-state index in [2.05, 4.69) is 31.9 Å². The number of carbonyl (C=O) groups is 6. The van der Waals surface area contributed by atoms with Crippen molar-refractivity contribution in [1.29, 1.82) is 0 Å². The van der Waals surface area contributed by atoms with Crippen LogP contribution in [0.2, 0.25) is 0 Å². The highest BCUT2D eigenvalue weighted by atomic mass is 16.5. The number of rotatable bonds is 20. The van der Waals surface area contributed by atoms with Gasteiger partial charge in [0.2, 0.25) is 0 Å². The van der Waals surface area contributed by atoms with Crippen molar-refractivity contribution in [3.63, 3.8) is 0 Å². The van der Waals surface area contributed by atoms with Crippen LogP contribution in [0, 0.1) is 0 Å². The minimum absolute atomic E-state index is 0.00535. The molecule has 0 radical (unpaired) electrons. The van der Waals surface area contributed by atoms with Gasteiger partial charge in [-0.3, -0.25) is 28.8 Å². The second-order valence-corrected chi connectivity index (χ2v) is 13.8. The van der Waals surface area contributed by atoms with Crippen molar-refractivity contribution in [3.8, 4) is 34.5 Å². The smallest absolute Gasteiger partial charge is 0.259 e. The molecule has 0 unspecified atom stereocenters. The van der Waals surface area contributed by atoms with E-state index < -0.39 is 35.4 Å². The van der Waals surface area contributed by atoms with Gasteiger partial charge in [0.15, 0.2) is 0 Å². The standard InChI is InChI=1S/C46H50N8O12/c1-61-35-22-37(63-3)31(19-29(35)41(55)49-17-15-47)43(57)51-25-7-11-27(12-8-25)53-45(59)33-21-34(40(66-6)24-39(33)65-5)46(60)54-28-13-9-26(10-14-28)52-44(58)32-20-30(42(56)50-18-16-48)36(62-2)23-38(32)64-4/h7-14,19-24H,15-18,47-48H2,1-6H3,(H,49,55)(H,50,56)(H,51,57)(H,52,58)(H,53,59)(H,54,60). The van der Waals surface area contributed by atoms with E-state index in [1.807, 2.05) is 0 Å². The predicted molar refractivity (Wildman–Crippen MR) is 246 cm³/mol. The summed E-state index contributed by atoms with van der Waals surface area (Å²) in [5, 5.41) is 16.3. The highest BCUT2D eigenvalue weighted by Gasteiger charge is 2.25. The maximum absolute atomic E-state index is 13.7. The van der Waals surface area contributed by atoms with Gasteiger partial charge in [0, 0.05) is 67.1 Å². The van der Waals surface area contributed by atoms with Gasteiger partial charge < -0.3 is 71.8 Å². The lowest BCUT2D eigenvalue weighted by Crippen LogP contribution is -2.29. The highest BCUT2D eigenvalue weighted by molar-refractivity contribution is 6.13. The number of methoxy groups -OCH3 is 6. The Balaban J connectivity index is 1.28. The van der Waals surface area contributed by atoms with E-state index in [0.29, 0.717) is 22.7 Å². The van der Waals surface area contributed by atoms with Gasteiger partial charge in [-0.05, 0) is 66.7 Å². The Morgan fingerprint density at radius 2 is 0.545 bits per heavy atom. The molecule has 5 rings (SSSR count). The zero-order valence-corrected chi connectivity index (χ0v) is 37.0. The molecule has 0 atom stereocenters. The molecule has 66 heavy (non-hydrogen) atoms. The molecule has 0 saturated carbocycles. The molecular weight excluding hydrogens is 857 g/mol. The van der Waals surface area contributed by atoms with Crippen molar-refractivity contribution in [2.45, 2.75) is 0 Å². The van der Waals surface area contributed by atoms with Crippen molar-refractivity contribution < 1.29 is 57.2 Å². The summed E-state index contributed by atoms with van der Waals surface area (Å²) in [6.45, 7) is 0.873. The van der Waals surface area contributed by atoms with E-state index in [0.717, 1.165) is 0 Å². The molecule has 0 saturated heterocycles. The second-order valence-electron chi connectivity index (χ2n) is 13.8. The molecule has 20 heteroatoms. The molecule has 0 aliphatic heterocycles. The number of hydrogen-bond donors (Lipinski definition) is 8. The molecule has 10 N–H and O–H groups in total. The molecular formula is C46H50N8O12. The molecule has 0 bridgehead atoms. The van der Waals surface area contributed by atoms with Crippen LogP contribution in [0.25, 0.3) is 0 Å². The summed E-state index contributed by atoms with van der Waals surface area (Å²) in [7, 11) is 8.26. The van der Waals surface area contributed by atoms with E-state index in [4.69, 9.17) is 39.9 Å². The minimum Gasteiger partial charge on any atom is -0.496 e. The number of benzene rings is 5. The monoisotopic (exact) mass is 906 g/mol. The van der Waals surface area contributed by atoms with Crippen LogP contribution in [0.3, 0.4) is 0 Å². The molecule has 0 spiro atoms. The Morgan fingerprint density at radius 1 is 0.348 bits per heavy atom. The summed E-state index contributed by atoms with van der Waals surface area (Å²) < 4.78 is 32.4. The molecule has 5 aromatic carbocycles. The van der Waals surface area contributed by atoms with E-state index >= 15 is 0 Å². The molecule has 0 heterocycles. The van der Waals surface area contributed by atoms with Gasteiger partial charge in [0.05, 0.1) is 76.0 Å². The molecule has 346 valence electrons. The number of nitrogens with one attached hydrogen (secondary N) is 6. The van der Waals surface area contributed by atoms with Crippen molar-refractivity contribution in [1.82, 2.24) is 10.6 Å². The fourth-order valence-corrected chi connectivity index (χ4v) is 6.39. The number of hydrogen-bond acceptors (Lipinski definition) is 14. The highest BCUT2D eigenvalue weighted by Crippen LogP contribution is 2.33. The fourth-order valence-electron chi connectivity index (χ4n) is 6.39. The third-order valence-corrected chi connectivity index (χ3v) is 9.69. The van der Waals surface area contributed by atoms with E-state index in [1.54, 1.807) is 48.5 Å². The van der Waals surface area contributed by atoms with Gasteiger partial charge in [0.25, 0.3) is 35.4 Å². The lowest BCUT2D eigenvalue weighted by molar-refractivity contribution is 0.0942. The number of anilines is 4. The maximum atomic E-state index is 13.7. The molecule has 5 aromatic rings. The van der Waals surface area contributed by atoms with Crippen LogP contribution in [-0.4, -0.2) is 104 Å². The van der Waals surface area contributed by atoms with E-state index in [1.165, 1.54) is 79.1 Å². The molecule has 0 fully saturated rings. The summed E-state index contributed by atoms with van der Waals surface area (Å²) in [6, 6.07) is 20.7. The zero-order valence-electron chi connectivity index (χ0n) is 37.0. The van der Waals surface area contributed by atoms with Crippen molar-refractivity contribution in [2.24, 2.45) is 11.5 Å². The Morgan fingerprint density at radius 3 is 0.727 bits per heavy atom. The second kappa shape index (κ2) is 22.8. The van der Waals surface area contributed by atoms with E-state index in [-0.39, 0.29) is 94.1 Å². The van der Waals surface area contributed by atoms with Gasteiger partial charge in [-0.25, -0.2) is 0 Å². The van der Waals surface area contributed by atoms with Crippen LogP contribution >= 0.6 is 0 Å². The lowest BCUT2D eigenvalue weighted by atomic mass is 10.1. The van der Waals surface area contributed by atoms with Crippen LogP contribution in [0.4, 0.5) is 22.7 Å². The predicted octanol–water partition coefficient (Wildman–Crippen LogP) is 4.12. The largest absolute Gasteiger partial charge is 0.496 e. The number of carbonyl (C=O) groups excluding carboxylic acids is 6. The van der Waals surface area contributed by atoms with E-state index in [9.17, 15) is 28.8 Å². The van der Waals surface area contributed by atoms with Gasteiger partial charge in [0.1, 0.15) is 34.5 Å². The fraction of sp³-hybridized carbons (Fsp3) is 0.217. The topological polar surface area (TPSA) is 282 Å². The van der Waals surface area contributed by atoms with Gasteiger partial charge in [-0.1, -0.05) is 0 Å². The lowest BCUT2D eigenvalue weighted by Gasteiger charge is -2.16. The van der Waals surface area contributed by atoms with Crippen LogP contribution < -0.4 is 71.8 Å². The SMILES string of the molecule is COc1cc(OC)c(C(=O)Nc2ccc(NC(=O)c3cc(C(=O)Nc4ccc(NC(=O)c5cc(C(=O)NCCN)c(OC)cc5OC)cc4)c(OC)cc3OC)cc2)cc1C(=O)NCCN. The molecule has 6 amide bonds. The molecule has 0 aliphatic carbocycles. The quantitative estimate of drug-likeness (QED) is 0.0546. The van der Waals surface area contributed by atoms with Crippen LogP contribution in [0.5, 0.6) is 34.5 Å². The molecule has 0 aliphatic rings. The van der Waals surface area contributed by atoms with Gasteiger partial charge >= 0.3 is 0 Å². The summed E-state index contributed by atoms with van der Waals surface area (Å²) in [6.07, 6.45) is 0. The maximum Gasteiger partial charge on any atom is 0.259 e. The van der Waals surface area contributed by atoms with Crippen molar-refractivity contribution in [3.05, 3.63) is 118 Å². The third-order valence-electron chi connectivity index (χ3n) is 9.69. The minimum atomic E-state index is -0.624. The Bertz CT molecular complexity index is 2430. The summed E-state index contributed by atoms with van der Waals surface area (Å²) in [5.41, 5.74) is 12.8. The summed E-state index contributed by atoms with van der Waals surface area (Å²) in [4.78, 5) is 79.7. The third kappa shape index (κ3) is 11.6. The number of nitrogens with two attached hydrogens (primary N) is 2. The Kier molecular flexibility index (Phi) is 16.8. The van der Waals surface area contributed by atoms with Crippen LogP contribution in [0.1, 0.15) is 62.1 Å². The zero-order chi connectivity index (χ0) is 47.9. The first-order valence-electron chi connectivity index (χ1n) is 20.0. The first-order valence-corrected chi connectivity index (χ1v) is 20.0. The van der Waals surface area contributed by atoms with Crippen molar-refractivity contribution >= 4 is 58.2 Å². The molecule has 0 aromatic heterocycles. The Labute approximate surface area is 379 Å². The molecule has 20 nitrogen and oxygen atoms in total. The summed E-state index contributed by atoms with van der Waals surface area (Å²) >= 11 is 0.